The summed E-state index contributed by atoms with van der Waals surface area (Å²) in [6, 6.07) is 19.3. The zero-order chi connectivity index (χ0) is 25.1. The number of carbonyl (C=O) groups is 2. The summed E-state index contributed by atoms with van der Waals surface area (Å²) in [6.45, 7) is 0.936. The third-order valence-electron chi connectivity index (χ3n) is 6.29. The Morgan fingerprint density at radius 3 is 2.56 bits per heavy atom. The van der Waals surface area contributed by atoms with Crippen LogP contribution in [-0.4, -0.2) is 49.1 Å². The lowest BCUT2D eigenvalue weighted by Crippen LogP contribution is -2.39. The summed E-state index contributed by atoms with van der Waals surface area (Å²) in [5.41, 5.74) is 3.06. The number of hydrogen-bond donors (Lipinski definition) is 2. The zero-order valence-corrected chi connectivity index (χ0v) is 20.1. The monoisotopic (exact) mass is 485 g/mol. The molecule has 0 aliphatic carbocycles. The average molecular weight is 486 g/mol. The van der Waals surface area contributed by atoms with E-state index < -0.39 is 6.04 Å². The van der Waals surface area contributed by atoms with E-state index in [0.717, 1.165) is 16.5 Å². The van der Waals surface area contributed by atoms with E-state index in [2.05, 4.69) is 10.3 Å². The van der Waals surface area contributed by atoms with E-state index in [1.165, 1.54) is 4.90 Å². The zero-order valence-electron chi connectivity index (χ0n) is 20.1. The quantitative estimate of drug-likeness (QED) is 0.407. The van der Waals surface area contributed by atoms with E-state index in [1.807, 2.05) is 30.5 Å². The Hall–Kier alpha value is -4.46. The fourth-order valence-electron chi connectivity index (χ4n) is 4.38. The number of nitrogens with zero attached hydrogens (tertiary/aromatic N) is 1. The molecule has 0 radical (unpaired) electrons. The van der Waals surface area contributed by atoms with Crippen LogP contribution in [0.2, 0.25) is 0 Å². The van der Waals surface area contributed by atoms with Crippen LogP contribution >= 0.6 is 0 Å². The number of benzene rings is 3. The fraction of sp³-hybridized carbons (Fsp3) is 0.214. The van der Waals surface area contributed by atoms with Gasteiger partial charge in [0.1, 0.15) is 25.0 Å². The molecule has 1 aliphatic rings. The van der Waals surface area contributed by atoms with Crippen LogP contribution in [-0.2, 0) is 16.0 Å². The summed E-state index contributed by atoms with van der Waals surface area (Å²) in [6.07, 6.45) is 2.00. The van der Waals surface area contributed by atoms with Crippen LogP contribution in [0.4, 0.5) is 5.69 Å². The molecule has 1 aromatic heterocycles. The molecule has 8 heteroatoms. The maximum atomic E-state index is 13.6. The van der Waals surface area contributed by atoms with Gasteiger partial charge in [0.15, 0.2) is 11.5 Å². The highest BCUT2D eigenvalue weighted by atomic mass is 16.6. The van der Waals surface area contributed by atoms with Crippen molar-refractivity contribution in [2.45, 2.75) is 12.5 Å². The summed E-state index contributed by atoms with van der Waals surface area (Å²) < 4.78 is 16.5. The second-order valence-corrected chi connectivity index (χ2v) is 8.56. The third kappa shape index (κ3) is 4.70. The molecule has 1 aliphatic heterocycles. The number of hydrogen-bond acceptors (Lipinski definition) is 5. The Kier molecular flexibility index (Phi) is 6.49. The number of ether oxygens (including phenoxy) is 3. The molecule has 2 heterocycles. The number of likely N-dealkylation sites (N-methyl/N-ethyl adjacent to an activating group) is 1. The third-order valence-corrected chi connectivity index (χ3v) is 6.29. The van der Waals surface area contributed by atoms with Crippen LogP contribution in [0.15, 0.2) is 72.9 Å². The number of aromatic amines is 1. The van der Waals surface area contributed by atoms with Crippen LogP contribution in [0.3, 0.4) is 0 Å². The lowest BCUT2D eigenvalue weighted by atomic mass is 10.0. The molecule has 0 unspecified atom stereocenters. The predicted molar refractivity (Wildman–Crippen MR) is 137 cm³/mol. The average Bonchev–Trinajstić information content (AvgIpc) is 3.31. The van der Waals surface area contributed by atoms with Gasteiger partial charge in [-0.15, -0.1) is 0 Å². The largest absolute Gasteiger partial charge is 0.497 e. The van der Waals surface area contributed by atoms with Gasteiger partial charge >= 0.3 is 0 Å². The van der Waals surface area contributed by atoms with Gasteiger partial charge in [-0.2, -0.15) is 0 Å². The number of methoxy groups -OCH3 is 1. The van der Waals surface area contributed by atoms with Gasteiger partial charge in [-0.1, -0.05) is 30.3 Å². The molecule has 0 spiro atoms. The van der Waals surface area contributed by atoms with E-state index in [1.54, 1.807) is 56.6 Å². The van der Waals surface area contributed by atoms with Crippen molar-refractivity contribution in [1.29, 1.82) is 0 Å². The van der Waals surface area contributed by atoms with Gasteiger partial charge in [-0.05, 0) is 41.5 Å². The maximum absolute atomic E-state index is 13.6. The van der Waals surface area contributed by atoms with Gasteiger partial charge in [0, 0.05) is 35.9 Å². The molecule has 0 bridgehead atoms. The standard InChI is InChI=1S/C28H27N3O5/c1-31(26(32)15-19-17-29-23-6-4-3-5-22(19)23)27(18-7-10-21(34-2)11-8-18)28(33)30-20-9-12-24-25(16-20)36-14-13-35-24/h3-12,16-17,27,29H,13-15H2,1-2H3,(H,30,33)/t27-/m0/s1. The number of nitrogens with one attached hydrogen (secondary N) is 2. The molecule has 2 N–H and O–H groups in total. The lowest BCUT2D eigenvalue weighted by Gasteiger charge is -2.28. The summed E-state index contributed by atoms with van der Waals surface area (Å²) in [4.78, 5) is 31.7. The highest BCUT2D eigenvalue weighted by molar-refractivity contribution is 5.99. The van der Waals surface area contributed by atoms with Gasteiger partial charge in [0.2, 0.25) is 5.91 Å². The van der Waals surface area contributed by atoms with Gasteiger partial charge in [0.25, 0.3) is 5.91 Å². The van der Waals surface area contributed by atoms with E-state index in [0.29, 0.717) is 41.7 Å². The number of H-pyrrole nitrogens is 1. The van der Waals surface area contributed by atoms with Gasteiger partial charge in [-0.3, -0.25) is 9.59 Å². The van der Waals surface area contributed by atoms with Crippen molar-refractivity contribution < 1.29 is 23.8 Å². The fourth-order valence-corrected chi connectivity index (χ4v) is 4.38. The van der Waals surface area contributed by atoms with E-state index in [4.69, 9.17) is 14.2 Å². The Morgan fingerprint density at radius 1 is 1.03 bits per heavy atom. The molecule has 2 amide bonds. The number of carbonyl (C=O) groups excluding carboxylic acids is 2. The van der Waals surface area contributed by atoms with Crippen molar-refractivity contribution >= 4 is 28.4 Å². The molecule has 4 aromatic rings. The highest BCUT2D eigenvalue weighted by Crippen LogP contribution is 2.33. The molecule has 8 nitrogen and oxygen atoms in total. The molecule has 0 saturated carbocycles. The van der Waals surface area contributed by atoms with E-state index in [-0.39, 0.29) is 18.2 Å². The number of aromatic nitrogens is 1. The van der Waals surface area contributed by atoms with Crippen molar-refractivity contribution in [2.75, 3.05) is 32.7 Å². The molecule has 0 fully saturated rings. The molecule has 5 rings (SSSR count). The first-order valence-corrected chi connectivity index (χ1v) is 11.7. The Labute approximate surface area is 208 Å². The SMILES string of the molecule is COc1ccc([C@@H](C(=O)Nc2ccc3c(c2)OCCO3)N(C)C(=O)Cc2c[nH]c3ccccc23)cc1. The summed E-state index contributed by atoms with van der Waals surface area (Å²) in [5, 5.41) is 3.92. The van der Waals surface area contributed by atoms with Crippen LogP contribution < -0.4 is 19.5 Å². The van der Waals surface area contributed by atoms with Gasteiger partial charge < -0.3 is 29.4 Å². The Bertz CT molecular complexity index is 1400. The first-order chi connectivity index (χ1) is 17.5. The van der Waals surface area contributed by atoms with Gasteiger partial charge in [0.05, 0.1) is 13.5 Å². The maximum Gasteiger partial charge on any atom is 0.251 e. The smallest absolute Gasteiger partial charge is 0.251 e. The Balaban J connectivity index is 1.41. The normalized spacial score (nSPS) is 13.2. The predicted octanol–water partition coefficient (Wildman–Crippen LogP) is 4.33. The van der Waals surface area contributed by atoms with Crippen molar-refractivity contribution in [1.82, 2.24) is 9.88 Å². The molecule has 184 valence electrons. The second kappa shape index (κ2) is 10.0. The number of amides is 2. The van der Waals surface area contributed by atoms with Crippen molar-refractivity contribution in [3.63, 3.8) is 0 Å². The minimum atomic E-state index is -0.859. The molecular formula is C28H27N3O5. The summed E-state index contributed by atoms with van der Waals surface area (Å²) in [7, 11) is 3.23. The lowest BCUT2D eigenvalue weighted by molar-refractivity contribution is -0.136. The second-order valence-electron chi connectivity index (χ2n) is 8.56. The van der Waals surface area contributed by atoms with Crippen molar-refractivity contribution in [2.24, 2.45) is 0 Å². The highest BCUT2D eigenvalue weighted by Gasteiger charge is 2.29. The first-order valence-electron chi connectivity index (χ1n) is 11.7. The van der Waals surface area contributed by atoms with Crippen LogP contribution in [0.25, 0.3) is 10.9 Å². The summed E-state index contributed by atoms with van der Waals surface area (Å²) >= 11 is 0. The number of para-hydroxylation sites is 1. The molecule has 36 heavy (non-hydrogen) atoms. The number of fused-ring (bicyclic) bond motifs is 2. The Morgan fingerprint density at radius 2 is 1.78 bits per heavy atom. The van der Waals surface area contributed by atoms with Crippen LogP contribution in [0.1, 0.15) is 17.2 Å². The summed E-state index contributed by atoms with van der Waals surface area (Å²) in [5.74, 6) is 1.35. The minimum Gasteiger partial charge on any atom is -0.497 e. The van der Waals surface area contributed by atoms with Gasteiger partial charge in [-0.25, -0.2) is 0 Å². The number of anilines is 1. The molecule has 1 atom stereocenters. The molecular weight excluding hydrogens is 458 g/mol. The minimum absolute atomic E-state index is 0.157. The molecule has 0 saturated heterocycles. The number of rotatable bonds is 7. The van der Waals surface area contributed by atoms with E-state index in [9.17, 15) is 9.59 Å². The van der Waals surface area contributed by atoms with E-state index >= 15 is 0 Å². The molecule has 3 aromatic carbocycles. The topological polar surface area (TPSA) is 92.9 Å². The first kappa shape index (κ1) is 23.3. The van der Waals surface area contributed by atoms with Crippen LogP contribution in [0.5, 0.6) is 17.2 Å². The van der Waals surface area contributed by atoms with Crippen molar-refractivity contribution in [3.05, 3.63) is 84.1 Å². The van der Waals surface area contributed by atoms with Crippen molar-refractivity contribution in [3.8, 4) is 17.2 Å². The van der Waals surface area contributed by atoms with Crippen LogP contribution in [0, 0.1) is 0 Å².